The molecular formula is C17H26N4O4S. The van der Waals surface area contributed by atoms with Gasteiger partial charge in [-0.3, -0.25) is 4.79 Å². The normalized spacial score (nSPS) is 27.0. The Morgan fingerprint density at radius 1 is 1.31 bits per heavy atom. The zero-order valence-electron chi connectivity index (χ0n) is 15.3. The second kappa shape index (κ2) is 7.48. The van der Waals surface area contributed by atoms with E-state index in [1.807, 2.05) is 4.90 Å². The van der Waals surface area contributed by atoms with E-state index in [1.54, 1.807) is 32.3 Å². The van der Waals surface area contributed by atoms with Gasteiger partial charge in [0.25, 0.3) is 0 Å². The number of anilines is 1. The van der Waals surface area contributed by atoms with Gasteiger partial charge in [0.15, 0.2) is 0 Å². The number of esters is 1. The van der Waals surface area contributed by atoms with Crippen LogP contribution in [0.4, 0.5) is 5.95 Å². The van der Waals surface area contributed by atoms with Gasteiger partial charge in [-0.25, -0.2) is 22.7 Å². The van der Waals surface area contributed by atoms with Crippen LogP contribution < -0.4 is 4.90 Å². The summed E-state index contributed by atoms with van der Waals surface area (Å²) in [7, 11) is -3.30. The van der Waals surface area contributed by atoms with Gasteiger partial charge in [0.05, 0.1) is 17.8 Å². The first-order valence-corrected chi connectivity index (χ1v) is 10.7. The highest BCUT2D eigenvalue weighted by Crippen LogP contribution is 2.44. The second-order valence-electron chi connectivity index (χ2n) is 6.86. The molecule has 3 heterocycles. The minimum Gasteiger partial charge on any atom is -0.466 e. The van der Waals surface area contributed by atoms with Crippen LogP contribution in [0.25, 0.3) is 0 Å². The number of nitrogens with zero attached hydrogens (tertiary/aromatic N) is 4. The summed E-state index contributed by atoms with van der Waals surface area (Å²) in [6.45, 7) is 5.54. The lowest BCUT2D eigenvalue weighted by molar-refractivity contribution is -0.157. The van der Waals surface area contributed by atoms with Crippen molar-refractivity contribution in [2.24, 2.45) is 11.3 Å². The summed E-state index contributed by atoms with van der Waals surface area (Å²) < 4.78 is 31.8. The zero-order valence-corrected chi connectivity index (χ0v) is 16.1. The van der Waals surface area contributed by atoms with E-state index in [4.69, 9.17) is 4.74 Å². The van der Waals surface area contributed by atoms with Crippen molar-refractivity contribution in [3.8, 4) is 0 Å². The number of carbonyl (C=O) groups excluding carboxylic acids is 1. The molecule has 8 nitrogen and oxygen atoms in total. The van der Waals surface area contributed by atoms with Crippen LogP contribution in [-0.4, -0.2) is 67.2 Å². The molecule has 0 saturated carbocycles. The monoisotopic (exact) mass is 382 g/mol. The lowest BCUT2D eigenvalue weighted by Crippen LogP contribution is -2.43. The van der Waals surface area contributed by atoms with E-state index in [0.29, 0.717) is 51.6 Å². The van der Waals surface area contributed by atoms with Crippen LogP contribution in [0.3, 0.4) is 0 Å². The van der Waals surface area contributed by atoms with Crippen molar-refractivity contribution in [3.05, 3.63) is 18.5 Å². The van der Waals surface area contributed by atoms with E-state index < -0.39 is 15.4 Å². The molecule has 2 aliphatic rings. The molecule has 1 aromatic rings. The van der Waals surface area contributed by atoms with Gasteiger partial charge < -0.3 is 9.64 Å². The largest absolute Gasteiger partial charge is 0.466 e. The zero-order chi connectivity index (χ0) is 18.8. The third kappa shape index (κ3) is 3.42. The molecule has 144 valence electrons. The minimum atomic E-state index is -3.30. The quantitative estimate of drug-likeness (QED) is 0.699. The average Bonchev–Trinajstić information content (AvgIpc) is 2.91. The van der Waals surface area contributed by atoms with E-state index in [1.165, 1.54) is 4.31 Å². The summed E-state index contributed by atoms with van der Waals surface area (Å²) in [5.74, 6) is 0.250. The third-order valence-electron chi connectivity index (χ3n) is 5.42. The van der Waals surface area contributed by atoms with E-state index in [0.717, 1.165) is 0 Å². The number of fused-ring (bicyclic) bond motifs is 1. The summed E-state index contributed by atoms with van der Waals surface area (Å²) in [5, 5.41) is 0. The third-order valence-corrected chi connectivity index (χ3v) is 7.27. The van der Waals surface area contributed by atoms with Crippen molar-refractivity contribution in [1.29, 1.82) is 0 Å². The minimum absolute atomic E-state index is 0.0671. The number of carbonyl (C=O) groups is 1. The SMILES string of the molecule is CCOC(=O)[C@@]12CCCN(S(=O)(=O)CC)C[C@@H]1CN(c1ncccn1)C2. The van der Waals surface area contributed by atoms with Crippen molar-refractivity contribution < 1.29 is 17.9 Å². The predicted octanol–water partition coefficient (Wildman–Crippen LogP) is 0.908. The summed E-state index contributed by atoms with van der Waals surface area (Å²) in [6.07, 6.45) is 4.58. The molecule has 1 aromatic heterocycles. The number of rotatable bonds is 5. The fourth-order valence-corrected chi connectivity index (χ4v) is 5.23. The smallest absolute Gasteiger partial charge is 0.314 e. The van der Waals surface area contributed by atoms with E-state index in [-0.39, 0.29) is 17.6 Å². The standard InChI is InChI=1S/C17H26N4O4S/c1-3-25-15(22)17-7-5-10-21(26(23,24)4-2)12-14(17)11-20(13-17)16-18-8-6-9-19-16/h6,8-9,14H,3-5,7,10-13H2,1-2H3/t14-,17+/m0/s1. The van der Waals surface area contributed by atoms with Crippen molar-refractivity contribution in [3.63, 3.8) is 0 Å². The van der Waals surface area contributed by atoms with Gasteiger partial charge in [-0.2, -0.15) is 0 Å². The maximum absolute atomic E-state index is 12.9. The first-order valence-electron chi connectivity index (χ1n) is 9.10. The average molecular weight is 382 g/mol. The molecule has 26 heavy (non-hydrogen) atoms. The molecule has 0 radical (unpaired) electrons. The van der Waals surface area contributed by atoms with Crippen LogP contribution in [0.1, 0.15) is 26.7 Å². The van der Waals surface area contributed by atoms with Crippen LogP contribution in [0.15, 0.2) is 18.5 Å². The Kier molecular flexibility index (Phi) is 5.47. The number of hydrogen-bond donors (Lipinski definition) is 0. The number of sulfonamides is 1. The summed E-state index contributed by atoms with van der Waals surface area (Å²) in [5.41, 5.74) is -0.715. The Morgan fingerprint density at radius 3 is 2.69 bits per heavy atom. The molecule has 2 fully saturated rings. The van der Waals surface area contributed by atoms with Crippen LogP contribution in [0, 0.1) is 11.3 Å². The molecular weight excluding hydrogens is 356 g/mol. The molecule has 0 bridgehead atoms. The molecule has 9 heteroatoms. The van der Waals surface area contributed by atoms with Gasteiger partial charge in [0.1, 0.15) is 0 Å². The maximum Gasteiger partial charge on any atom is 0.314 e. The molecule has 2 saturated heterocycles. The Balaban J connectivity index is 1.93. The highest BCUT2D eigenvalue weighted by Gasteiger charge is 2.55. The molecule has 0 amide bonds. The van der Waals surface area contributed by atoms with E-state index in [2.05, 4.69) is 9.97 Å². The molecule has 0 aliphatic carbocycles. The van der Waals surface area contributed by atoms with Gasteiger partial charge in [0.2, 0.25) is 16.0 Å². The van der Waals surface area contributed by atoms with Gasteiger partial charge >= 0.3 is 5.97 Å². The Labute approximate surface area is 154 Å². The van der Waals surface area contributed by atoms with Gasteiger partial charge in [-0.1, -0.05) is 0 Å². The van der Waals surface area contributed by atoms with E-state index >= 15 is 0 Å². The fraction of sp³-hybridized carbons (Fsp3) is 0.706. The van der Waals surface area contributed by atoms with Crippen LogP contribution in [-0.2, 0) is 19.6 Å². The number of ether oxygens (including phenoxy) is 1. The highest BCUT2D eigenvalue weighted by atomic mass is 32.2. The number of aromatic nitrogens is 2. The molecule has 2 aliphatic heterocycles. The number of hydrogen-bond acceptors (Lipinski definition) is 7. The Bertz CT molecular complexity index is 742. The van der Waals surface area contributed by atoms with Crippen molar-refractivity contribution >= 4 is 21.9 Å². The maximum atomic E-state index is 12.9. The molecule has 0 spiro atoms. The molecule has 0 N–H and O–H groups in total. The predicted molar refractivity (Wildman–Crippen MR) is 97.1 cm³/mol. The van der Waals surface area contributed by atoms with Crippen molar-refractivity contribution in [2.45, 2.75) is 26.7 Å². The first-order chi connectivity index (χ1) is 12.4. The van der Waals surface area contributed by atoms with Crippen LogP contribution in [0.2, 0.25) is 0 Å². The van der Waals surface area contributed by atoms with Gasteiger partial charge in [-0.15, -0.1) is 0 Å². The van der Waals surface area contributed by atoms with Gasteiger partial charge in [0, 0.05) is 44.5 Å². The van der Waals surface area contributed by atoms with Gasteiger partial charge in [-0.05, 0) is 32.8 Å². The molecule has 2 atom stereocenters. The first kappa shape index (κ1) is 19.0. The molecule has 0 unspecified atom stereocenters. The lowest BCUT2D eigenvalue weighted by Gasteiger charge is -2.31. The second-order valence-corrected chi connectivity index (χ2v) is 9.12. The van der Waals surface area contributed by atoms with E-state index in [9.17, 15) is 13.2 Å². The van der Waals surface area contributed by atoms with Crippen molar-refractivity contribution in [1.82, 2.24) is 14.3 Å². The van der Waals surface area contributed by atoms with Crippen molar-refractivity contribution in [2.75, 3.05) is 43.4 Å². The van der Waals surface area contributed by atoms with Crippen LogP contribution in [0.5, 0.6) is 0 Å². The van der Waals surface area contributed by atoms with Crippen LogP contribution >= 0.6 is 0 Å². The summed E-state index contributed by atoms with van der Waals surface area (Å²) >= 11 is 0. The lowest BCUT2D eigenvalue weighted by atomic mass is 9.75. The Morgan fingerprint density at radius 2 is 2.04 bits per heavy atom. The Hall–Kier alpha value is -1.74. The summed E-state index contributed by atoms with van der Waals surface area (Å²) in [4.78, 5) is 23.5. The topological polar surface area (TPSA) is 92.7 Å². The fourth-order valence-electron chi connectivity index (χ4n) is 4.05. The highest BCUT2D eigenvalue weighted by molar-refractivity contribution is 7.89. The summed E-state index contributed by atoms with van der Waals surface area (Å²) in [6, 6.07) is 1.74. The molecule has 3 rings (SSSR count). The molecule has 0 aromatic carbocycles.